The predicted octanol–water partition coefficient (Wildman–Crippen LogP) is 1.79. The van der Waals surface area contributed by atoms with Gasteiger partial charge in [-0.3, -0.25) is 4.72 Å². The summed E-state index contributed by atoms with van der Waals surface area (Å²) in [6.07, 6.45) is 1.02. The summed E-state index contributed by atoms with van der Waals surface area (Å²) in [5.74, 6) is 0. The molecule has 21 heavy (non-hydrogen) atoms. The third kappa shape index (κ3) is 4.19. The fourth-order valence-electron chi connectivity index (χ4n) is 1.78. The van der Waals surface area contributed by atoms with E-state index in [9.17, 15) is 8.42 Å². The van der Waals surface area contributed by atoms with Gasteiger partial charge in [0.1, 0.15) is 0 Å². The lowest BCUT2D eigenvalue weighted by Gasteiger charge is -2.14. The summed E-state index contributed by atoms with van der Waals surface area (Å²) >= 11 is 0.891. The Morgan fingerprint density at radius 1 is 1.38 bits per heavy atom. The number of benzene rings is 1. The van der Waals surface area contributed by atoms with Gasteiger partial charge < -0.3 is 5.32 Å². The molecule has 2 aromatic rings. The minimum Gasteiger partial charge on any atom is -0.310 e. The summed E-state index contributed by atoms with van der Waals surface area (Å²) in [4.78, 5) is 0.195. The van der Waals surface area contributed by atoms with Crippen molar-refractivity contribution >= 4 is 26.7 Å². The van der Waals surface area contributed by atoms with Crippen LogP contribution in [0.3, 0.4) is 0 Å². The van der Waals surface area contributed by atoms with E-state index in [-0.39, 0.29) is 16.1 Å². The van der Waals surface area contributed by atoms with Crippen LogP contribution in [0.2, 0.25) is 0 Å². The van der Waals surface area contributed by atoms with Gasteiger partial charge in [-0.15, -0.1) is 0 Å². The molecule has 1 heterocycles. The summed E-state index contributed by atoms with van der Waals surface area (Å²) in [5.41, 5.74) is 0.918. The molecule has 1 aromatic carbocycles. The van der Waals surface area contributed by atoms with Gasteiger partial charge in [-0.25, -0.2) is 8.42 Å². The highest BCUT2D eigenvalue weighted by atomic mass is 32.2. The normalized spacial score (nSPS) is 13.0. The topological polar surface area (TPSA) is 96.9 Å². The molecule has 0 radical (unpaired) electrons. The van der Waals surface area contributed by atoms with Crippen molar-refractivity contribution in [2.24, 2.45) is 0 Å². The molecule has 1 atom stereocenters. The summed E-state index contributed by atoms with van der Waals surface area (Å²) in [5, 5.41) is 10.4. The van der Waals surface area contributed by atoms with Gasteiger partial charge in [0.05, 0.1) is 4.90 Å². The van der Waals surface area contributed by atoms with E-state index in [1.165, 1.54) is 0 Å². The van der Waals surface area contributed by atoms with E-state index in [2.05, 4.69) is 31.8 Å². The average molecular weight is 327 g/mol. The Morgan fingerprint density at radius 2 is 2.19 bits per heavy atom. The van der Waals surface area contributed by atoms with E-state index in [0.717, 1.165) is 30.1 Å². The molecule has 1 aromatic heterocycles. The average Bonchev–Trinajstić information content (AvgIpc) is 2.97. The molecule has 7 nitrogen and oxygen atoms in total. The zero-order chi connectivity index (χ0) is 15.3. The van der Waals surface area contributed by atoms with Crippen LogP contribution >= 0.6 is 11.5 Å². The molecule has 1 unspecified atom stereocenters. The number of hydrogen-bond acceptors (Lipinski definition) is 7. The Kier molecular flexibility index (Phi) is 5.21. The van der Waals surface area contributed by atoms with Crippen molar-refractivity contribution in [2.75, 3.05) is 11.3 Å². The van der Waals surface area contributed by atoms with E-state index >= 15 is 0 Å². The fourth-order valence-corrected chi connectivity index (χ4v) is 3.42. The van der Waals surface area contributed by atoms with Crippen LogP contribution in [-0.4, -0.2) is 29.8 Å². The van der Waals surface area contributed by atoms with Crippen LogP contribution in [0.4, 0.5) is 5.13 Å². The maximum atomic E-state index is 12.3. The SMILES string of the molecule is CCCNC(C)c1cccc(S(=O)(=O)Nc2nnns2)c1. The van der Waals surface area contributed by atoms with Gasteiger partial charge in [-0.2, -0.15) is 0 Å². The number of nitrogens with one attached hydrogen (secondary N) is 2. The highest BCUT2D eigenvalue weighted by molar-refractivity contribution is 7.93. The van der Waals surface area contributed by atoms with Crippen LogP contribution in [-0.2, 0) is 10.0 Å². The van der Waals surface area contributed by atoms with Crippen molar-refractivity contribution in [3.63, 3.8) is 0 Å². The Labute approximate surface area is 128 Å². The van der Waals surface area contributed by atoms with E-state index in [4.69, 9.17) is 0 Å². The second-order valence-electron chi connectivity index (χ2n) is 4.52. The van der Waals surface area contributed by atoms with Crippen LogP contribution in [0.1, 0.15) is 31.9 Å². The van der Waals surface area contributed by atoms with E-state index < -0.39 is 10.0 Å². The van der Waals surface area contributed by atoms with Crippen LogP contribution in [0.15, 0.2) is 29.2 Å². The lowest BCUT2D eigenvalue weighted by atomic mass is 10.1. The predicted molar refractivity (Wildman–Crippen MR) is 81.7 cm³/mol. The highest BCUT2D eigenvalue weighted by Gasteiger charge is 2.17. The molecule has 114 valence electrons. The smallest absolute Gasteiger partial charge is 0.263 e. The first-order valence-electron chi connectivity index (χ1n) is 6.54. The first-order chi connectivity index (χ1) is 10.0. The zero-order valence-corrected chi connectivity index (χ0v) is 13.4. The molecule has 9 heteroatoms. The third-order valence-electron chi connectivity index (χ3n) is 2.89. The van der Waals surface area contributed by atoms with Gasteiger partial charge in [0.25, 0.3) is 10.0 Å². The second kappa shape index (κ2) is 6.92. The molecule has 0 fully saturated rings. The van der Waals surface area contributed by atoms with Gasteiger partial charge in [0.15, 0.2) is 0 Å². The molecule has 0 aliphatic heterocycles. The summed E-state index contributed by atoms with van der Waals surface area (Å²) in [6.45, 7) is 4.97. The van der Waals surface area contributed by atoms with Gasteiger partial charge in [0.2, 0.25) is 5.13 Å². The first kappa shape index (κ1) is 15.8. The highest BCUT2D eigenvalue weighted by Crippen LogP contribution is 2.20. The Morgan fingerprint density at radius 3 is 2.86 bits per heavy atom. The Bertz CT molecular complexity index is 673. The molecule has 0 bridgehead atoms. The van der Waals surface area contributed by atoms with Crippen LogP contribution in [0.5, 0.6) is 0 Å². The number of aromatic nitrogens is 3. The molecule has 0 saturated carbocycles. The quantitative estimate of drug-likeness (QED) is 0.805. The van der Waals surface area contributed by atoms with Gasteiger partial charge in [-0.1, -0.05) is 28.6 Å². The van der Waals surface area contributed by atoms with Crippen LogP contribution < -0.4 is 10.0 Å². The zero-order valence-electron chi connectivity index (χ0n) is 11.8. The molecule has 0 saturated heterocycles. The van der Waals surface area contributed by atoms with Crippen molar-refractivity contribution in [1.82, 2.24) is 20.1 Å². The number of sulfonamides is 1. The third-order valence-corrected chi connectivity index (χ3v) is 4.87. The van der Waals surface area contributed by atoms with Crippen LogP contribution in [0.25, 0.3) is 0 Å². The lowest BCUT2D eigenvalue weighted by molar-refractivity contribution is 0.569. The molecule has 0 aliphatic rings. The molecule has 0 spiro atoms. The first-order valence-corrected chi connectivity index (χ1v) is 8.80. The van der Waals surface area contributed by atoms with Crippen molar-refractivity contribution < 1.29 is 8.42 Å². The van der Waals surface area contributed by atoms with E-state index in [1.54, 1.807) is 18.2 Å². The second-order valence-corrected chi connectivity index (χ2v) is 6.94. The number of hydrogen-bond donors (Lipinski definition) is 2. The Balaban J connectivity index is 2.20. The standard InChI is InChI=1S/C12H17N5O2S2/c1-3-7-13-9(2)10-5-4-6-11(8-10)21(18,19)15-12-14-16-17-20-12/h4-6,8-9,13H,3,7H2,1-2H3,(H,14,15,17). The van der Waals surface area contributed by atoms with Gasteiger partial charge >= 0.3 is 0 Å². The maximum absolute atomic E-state index is 12.3. The van der Waals surface area contributed by atoms with Crippen molar-refractivity contribution in [1.29, 1.82) is 0 Å². The molecule has 2 rings (SSSR count). The monoisotopic (exact) mass is 327 g/mol. The molecular formula is C12H17N5O2S2. The number of anilines is 1. The van der Waals surface area contributed by atoms with Gasteiger partial charge in [-0.05, 0) is 42.8 Å². The largest absolute Gasteiger partial charge is 0.310 e. The van der Waals surface area contributed by atoms with Gasteiger partial charge in [0, 0.05) is 17.6 Å². The van der Waals surface area contributed by atoms with Crippen molar-refractivity contribution in [3.8, 4) is 0 Å². The van der Waals surface area contributed by atoms with Crippen molar-refractivity contribution in [2.45, 2.75) is 31.2 Å². The minimum absolute atomic E-state index is 0.0864. The molecular weight excluding hydrogens is 310 g/mol. The van der Waals surface area contributed by atoms with E-state index in [1.807, 2.05) is 13.0 Å². The maximum Gasteiger partial charge on any atom is 0.263 e. The lowest BCUT2D eigenvalue weighted by Crippen LogP contribution is -2.20. The fraction of sp³-hybridized carbons (Fsp3) is 0.417. The molecule has 0 amide bonds. The summed E-state index contributed by atoms with van der Waals surface area (Å²) in [6, 6.07) is 6.92. The number of nitrogens with zero attached hydrogens (tertiary/aromatic N) is 3. The van der Waals surface area contributed by atoms with Crippen molar-refractivity contribution in [3.05, 3.63) is 29.8 Å². The molecule has 0 aliphatic carbocycles. The molecule has 2 N–H and O–H groups in total. The summed E-state index contributed by atoms with van der Waals surface area (Å²) < 4.78 is 30.4. The van der Waals surface area contributed by atoms with Crippen LogP contribution in [0, 0.1) is 0 Å². The van der Waals surface area contributed by atoms with E-state index in [0.29, 0.717) is 0 Å². The minimum atomic E-state index is -3.67. The Hall–Kier alpha value is -1.58. The number of rotatable bonds is 7. The summed E-state index contributed by atoms with van der Waals surface area (Å²) in [7, 11) is -3.67.